The largest absolute Gasteiger partial charge is 0.461 e. The van der Waals surface area contributed by atoms with E-state index in [0.717, 1.165) is 0 Å². The van der Waals surface area contributed by atoms with Crippen molar-refractivity contribution in [2.45, 2.75) is 26.4 Å². The SMILES string of the molecule is CC(C)(C)OC(=O)/N=C(\N)c1ccco1. The van der Waals surface area contributed by atoms with Crippen LogP contribution in [0.4, 0.5) is 4.79 Å². The Hall–Kier alpha value is -1.78. The van der Waals surface area contributed by atoms with Gasteiger partial charge in [-0.15, -0.1) is 0 Å². The molecule has 1 heterocycles. The van der Waals surface area contributed by atoms with Gasteiger partial charge in [0.05, 0.1) is 6.26 Å². The molecule has 2 N–H and O–H groups in total. The number of nitrogens with zero attached hydrogens (tertiary/aromatic N) is 1. The van der Waals surface area contributed by atoms with E-state index in [2.05, 4.69) is 4.99 Å². The van der Waals surface area contributed by atoms with Gasteiger partial charge in [0.1, 0.15) is 5.60 Å². The zero-order valence-electron chi connectivity index (χ0n) is 8.98. The highest BCUT2D eigenvalue weighted by Crippen LogP contribution is 2.08. The average molecular weight is 210 g/mol. The Labute approximate surface area is 87.9 Å². The van der Waals surface area contributed by atoms with Gasteiger partial charge in [-0.3, -0.25) is 0 Å². The molecule has 0 atom stereocenters. The Morgan fingerprint density at radius 2 is 2.20 bits per heavy atom. The van der Waals surface area contributed by atoms with Gasteiger partial charge in [0.15, 0.2) is 11.6 Å². The van der Waals surface area contributed by atoms with Crippen molar-refractivity contribution >= 4 is 11.9 Å². The molecule has 0 radical (unpaired) electrons. The molecule has 1 amide bonds. The van der Waals surface area contributed by atoms with Crippen molar-refractivity contribution in [3.05, 3.63) is 24.2 Å². The molecule has 82 valence electrons. The third-order valence-corrected chi connectivity index (χ3v) is 1.38. The minimum Gasteiger partial charge on any atom is -0.461 e. The molecule has 0 unspecified atom stereocenters. The maximum Gasteiger partial charge on any atom is 0.436 e. The van der Waals surface area contributed by atoms with E-state index in [1.807, 2.05) is 0 Å². The molecule has 1 rings (SSSR count). The van der Waals surface area contributed by atoms with Crippen molar-refractivity contribution < 1.29 is 13.9 Å². The summed E-state index contributed by atoms with van der Waals surface area (Å²) in [5.74, 6) is 0.357. The fraction of sp³-hybridized carbons (Fsp3) is 0.400. The topological polar surface area (TPSA) is 77.8 Å². The van der Waals surface area contributed by atoms with Crippen molar-refractivity contribution in [1.82, 2.24) is 0 Å². The smallest absolute Gasteiger partial charge is 0.436 e. The molecule has 0 aliphatic heterocycles. The Kier molecular flexibility index (Phi) is 3.14. The summed E-state index contributed by atoms with van der Waals surface area (Å²) in [5, 5.41) is 0. The summed E-state index contributed by atoms with van der Waals surface area (Å²) in [7, 11) is 0. The molecule has 0 aromatic carbocycles. The van der Waals surface area contributed by atoms with Crippen LogP contribution >= 0.6 is 0 Å². The Bertz CT molecular complexity index is 361. The number of nitrogens with two attached hydrogens (primary N) is 1. The monoisotopic (exact) mass is 210 g/mol. The summed E-state index contributed by atoms with van der Waals surface area (Å²) in [6.45, 7) is 5.26. The predicted octanol–water partition coefficient (Wildman–Crippen LogP) is 1.92. The van der Waals surface area contributed by atoms with Crippen LogP contribution in [0.15, 0.2) is 27.8 Å². The average Bonchev–Trinajstić information content (AvgIpc) is 2.50. The molecule has 0 spiro atoms. The number of ether oxygens (including phenoxy) is 1. The van der Waals surface area contributed by atoms with E-state index in [9.17, 15) is 4.79 Å². The van der Waals surface area contributed by atoms with Gasteiger partial charge in [0.25, 0.3) is 0 Å². The van der Waals surface area contributed by atoms with Gasteiger partial charge < -0.3 is 14.9 Å². The molecular weight excluding hydrogens is 196 g/mol. The van der Waals surface area contributed by atoms with E-state index in [1.165, 1.54) is 6.26 Å². The highest BCUT2D eigenvalue weighted by atomic mass is 16.6. The standard InChI is InChI=1S/C10H14N2O3/c1-10(2,3)15-9(13)12-8(11)7-5-4-6-14-7/h4-6H,1-3H3,(H2,11,12,13). The molecule has 5 nitrogen and oxygen atoms in total. The maximum atomic E-state index is 11.2. The Morgan fingerprint density at radius 1 is 1.53 bits per heavy atom. The second kappa shape index (κ2) is 4.16. The lowest BCUT2D eigenvalue weighted by Crippen LogP contribution is -2.24. The fourth-order valence-electron chi connectivity index (χ4n) is 0.863. The van der Waals surface area contributed by atoms with Crippen molar-refractivity contribution in [2.75, 3.05) is 0 Å². The molecule has 0 saturated heterocycles. The number of amidine groups is 1. The van der Waals surface area contributed by atoms with Gasteiger partial charge in [0.2, 0.25) is 0 Å². The van der Waals surface area contributed by atoms with Crippen LogP contribution in [0.3, 0.4) is 0 Å². The number of hydrogen-bond acceptors (Lipinski definition) is 3. The summed E-state index contributed by atoms with van der Waals surface area (Å²) in [4.78, 5) is 14.8. The van der Waals surface area contributed by atoms with Crippen LogP contribution in [-0.2, 0) is 4.74 Å². The lowest BCUT2D eigenvalue weighted by Gasteiger charge is -2.17. The number of carbonyl (C=O) groups excluding carboxylic acids is 1. The number of carbonyl (C=O) groups is 1. The van der Waals surface area contributed by atoms with Crippen LogP contribution in [-0.4, -0.2) is 17.5 Å². The Balaban J connectivity index is 2.68. The lowest BCUT2D eigenvalue weighted by atomic mass is 10.2. The minimum absolute atomic E-state index is 0.00856. The first-order valence-electron chi connectivity index (χ1n) is 4.49. The van der Waals surface area contributed by atoms with Crippen molar-refractivity contribution in [3.8, 4) is 0 Å². The third kappa shape index (κ3) is 3.84. The number of aliphatic imine (C=N–C) groups is 1. The van der Waals surface area contributed by atoms with Crippen molar-refractivity contribution in [1.29, 1.82) is 0 Å². The normalized spacial score (nSPS) is 12.6. The first kappa shape index (κ1) is 11.3. The van der Waals surface area contributed by atoms with Crippen LogP contribution in [0.25, 0.3) is 0 Å². The van der Waals surface area contributed by atoms with E-state index in [0.29, 0.717) is 5.76 Å². The predicted molar refractivity (Wildman–Crippen MR) is 55.7 cm³/mol. The van der Waals surface area contributed by atoms with E-state index < -0.39 is 11.7 Å². The number of hydrogen-bond donors (Lipinski definition) is 1. The summed E-state index contributed by atoms with van der Waals surface area (Å²) in [6.07, 6.45) is 0.726. The minimum atomic E-state index is -0.726. The first-order chi connectivity index (χ1) is 6.88. The van der Waals surface area contributed by atoms with E-state index >= 15 is 0 Å². The quantitative estimate of drug-likeness (QED) is 0.567. The fourth-order valence-corrected chi connectivity index (χ4v) is 0.863. The van der Waals surface area contributed by atoms with Crippen LogP contribution in [0.1, 0.15) is 26.5 Å². The zero-order chi connectivity index (χ0) is 11.5. The van der Waals surface area contributed by atoms with Gasteiger partial charge in [-0.2, -0.15) is 4.99 Å². The molecule has 0 aliphatic carbocycles. The van der Waals surface area contributed by atoms with E-state index in [4.69, 9.17) is 14.9 Å². The van der Waals surface area contributed by atoms with Crippen LogP contribution in [0.2, 0.25) is 0 Å². The summed E-state index contributed by atoms with van der Waals surface area (Å²) in [6, 6.07) is 3.27. The molecule has 1 aromatic heterocycles. The Morgan fingerprint density at radius 3 is 2.67 bits per heavy atom. The van der Waals surface area contributed by atoms with Gasteiger partial charge in [-0.25, -0.2) is 4.79 Å². The molecule has 5 heteroatoms. The zero-order valence-corrected chi connectivity index (χ0v) is 8.98. The van der Waals surface area contributed by atoms with Gasteiger partial charge in [-0.1, -0.05) is 0 Å². The van der Waals surface area contributed by atoms with Crippen molar-refractivity contribution in [3.63, 3.8) is 0 Å². The molecule has 1 aromatic rings. The van der Waals surface area contributed by atoms with Gasteiger partial charge in [0, 0.05) is 0 Å². The van der Waals surface area contributed by atoms with Crippen LogP contribution in [0.5, 0.6) is 0 Å². The number of amides is 1. The molecular formula is C10H14N2O3. The number of rotatable bonds is 1. The number of furan rings is 1. The van der Waals surface area contributed by atoms with Gasteiger partial charge in [-0.05, 0) is 32.9 Å². The third-order valence-electron chi connectivity index (χ3n) is 1.38. The highest BCUT2D eigenvalue weighted by molar-refractivity contribution is 6.00. The van der Waals surface area contributed by atoms with E-state index in [1.54, 1.807) is 32.9 Å². The van der Waals surface area contributed by atoms with Crippen molar-refractivity contribution in [2.24, 2.45) is 10.7 Å². The molecule has 0 fully saturated rings. The first-order valence-corrected chi connectivity index (χ1v) is 4.49. The molecule has 0 saturated carbocycles. The van der Waals surface area contributed by atoms with Crippen LogP contribution < -0.4 is 5.73 Å². The summed E-state index contributed by atoms with van der Waals surface area (Å²) in [5.41, 5.74) is 4.94. The second-order valence-electron chi connectivity index (χ2n) is 3.95. The molecule has 15 heavy (non-hydrogen) atoms. The summed E-state index contributed by atoms with van der Waals surface area (Å²) >= 11 is 0. The molecule has 0 bridgehead atoms. The van der Waals surface area contributed by atoms with E-state index in [-0.39, 0.29) is 5.84 Å². The van der Waals surface area contributed by atoms with Crippen LogP contribution in [0, 0.1) is 0 Å². The summed E-state index contributed by atoms with van der Waals surface area (Å²) < 4.78 is 9.92. The maximum absolute atomic E-state index is 11.2. The highest BCUT2D eigenvalue weighted by Gasteiger charge is 2.16. The molecule has 0 aliphatic rings. The van der Waals surface area contributed by atoms with Gasteiger partial charge >= 0.3 is 6.09 Å². The second-order valence-corrected chi connectivity index (χ2v) is 3.95. The lowest BCUT2D eigenvalue weighted by molar-refractivity contribution is 0.0604.